The van der Waals surface area contributed by atoms with Crippen LogP contribution in [0.15, 0.2) is 0 Å². The highest BCUT2D eigenvalue weighted by Gasteiger charge is 2.58. The first-order valence-electron chi connectivity index (χ1n) is 7.26. The summed E-state index contributed by atoms with van der Waals surface area (Å²) in [5.74, 6) is 0.321. The number of hydrogen-bond donors (Lipinski definition) is 1. The molecule has 3 heteroatoms. The summed E-state index contributed by atoms with van der Waals surface area (Å²) in [5.41, 5.74) is -0.151. The monoisotopic (exact) mass is 236 g/mol. The highest BCUT2D eigenvalue weighted by atomic mass is 16.2. The van der Waals surface area contributed by atoms with Gasteiger partial charge in [-0.25, -0.2) is 0 Å². The quantitative estimate of drug-likeness (QED) is 0.700. The van der Waals surface area contributed by atoms with E-state index in [0.717, 1.165) is 25.7 Å². The molecule has 0 unspecified atom stereocenters. The molecule has 17 heavy (non-hydrogen) atoms. The third kappa shape index (κ3) is 1.55. The Morgan fingerprint density at radius 3 is 2.06 bits per heavy atom. The van der Waals surface area contributed by atoms with Crippen LogP contribution in [0.5, 0.6) is 0 Å². The molecule has 0 aromatic heterocycles. The molecular formula is C14H24N2O. The van der Waals surface area contributed by atoms with Gasteiger partial charge in [0, 0.05) is 0 Å². The van der Waals surface area contributed by atoms with Crippen LogP contribution < -0.4 is 5.32 Å². The Morgan fingerprint density at radius 1 is 0.941 bits per heavy atom. The van der Waals surface area contributed by atoms with E-state index in [2.05, 4.69) is 17.3 Å². The van der Waals surface area contributed by atoms with Gasteiger partial charge in [0.15, 0.2) is 0 Å². The zero-order valence-corrected chi connectivity index (χ0v) is 10.9. The van der Waals surface area contributed by atoms with Gasteiger partial charge in [-0.15, -0.1) is 0 Å². The van der Waals surface area contributed by atoms with Crippen molar-refractivity contribution in [1.82, 2.24) is 10.2 Å². The second kappa shape index (κ2) is 3.98. The van der Waals surface area contributed by atoms with E-state index >= 15 is 0 Å². The van der Waals surface area contributed by atoms with E-state index in [1.807, 2.05) is 0 Å². The van der Waals surface area contributed by atoms with Crippen LogP contribution in [-0.4, -0.2) is 29.1 Å². The van der Waals surface area contributed by atoms with E-state index < -0.39 is 0 Å². The van der Waals surface area contributed by atoms with Crippen molar-refractivity contribution < 1.29 is 4.79 Å². The topological polar surface area (TPSA) is 32.3 Å². The summed E-state index contributed by atoms with van der Waals surface area (Å²) in [6, 6.07) is 0. The minimum absolute atomic E-state index is 0.00662. The minimum Gasteiger partial charge on any atom is -0.336 e. The Morgan fingerprint density at radius 2 is 1.47 bits per heavy atom. The predicted octanol–water partition coefficient (Wildman–Crippen LogP) is 2.41. The predicted molar refractivity (Wildman–Crippen MR) is 67.5 cm³/mol. The third-order valence-electron chi connectivity index (χ3n) is 5.41. The molecule has 2 aliphatic carbocycles. The average molecular weight is 236 g/mol. The summed E-state index contributed by atoms with van der Waals surface area (Å²) in [6.07, 6.45) is 12.0. The molecular weight excluding hydrogens is 212 g/mol. The number of carbonyl (C=O) groups excluding carboxylic acids is 1. The first kappa shape index (κ1) is 11.5. The van der Waals surface area contributed by atoms with Gasteiger partial charge in [-0.2, -0.15) is 0 Å². The fraction of sp³-hybridized carbons (Fsp3) is 0.929. The second-order valence-corrected chi connectivity index (χ2v) is 6.20. The molecule has 0 bridgehead atoms. The van der Waals surface area contributed by atoms with Gasteiger partial charge in [-0.1, -0.05) is 25.7 Å². The molecule has 0 atom stereocenters. The van der Waals surface area contributed by atoms with E-state index in [9.17, 15) is 4.79 Å². The fourth-order valence-corrected chi connectivity index (χ4v) is 4.27. The first-order valence-corrected chi connectivity index (χ1v) is 7.26. The van der Waals surface area contributed by atoms with Gasteiger partial charge in [-0.3, -0.25) is 9.69 Å². The van der Waals surface area contributed by atoms with Crippen molar-refractivity contribution in [2.45, 2.75) is 75.4 Å². The van der Waals surface area contributed by atoms with E-state index in [0.29, 0.717) is 5.91 Å². The Labute approximate surface area is 104 Å². The molecule has 2 spiro atoms. The summed E-state index contributed by atoms with van der Waals surface area (Å²) in [4.78, 5) is 14.9. The zero-order valence-electron chi connectivity index (χ0n) is 10.9. The summed E-state index contributed by atoms with van der Waals surface area (Å²) in [7, 11) is 2.19. The molecule has 1 amide bonds. The molecule has 3 nitrogen and oxygen atoms in total. The van der Waals surface area contributed by atoms with Crippen LogP contribution in [0.1, 0.15) is 64.2 Å². The lowest BCUT2D eigenvalue weighted by Gasteiger charge is -2.45. The number of carbonyl (C=O) groups is 1. The van der Waals surface area contributed by atoms with Crippen LogP contribution in [-0.2, 0) is 4.79 Å². The normalized spacial score (nSPS) is 31.9. The van der Waals surface area contributed by atoms with Gasteiger partial charge in [0.05, 0.1) is 5.66 Å². The van der Waals surface area contributed by atoms with Crippen LogP contribution in [0.3, 0.4) is 0 Å². The molecule has 0 radical (unpaired) electrons. The number of likely N-dealkylation sites (N-methyl/N-ethyl adjacent to an activating group) is 1. The molecule has 3 rings (SSSR count). The van der Waals surface area contributed by atoms with E-state index in [4.69, 9.17) is 0 Å². The maximum atomic E-state index is 12.5. The van der Waals surface area contributed by atoms with Crippen molar-refractivity contribution >= 4 is 5.91 Å². The number of rotatable bonds is 0. The Bertz CT molecular complexity index is 314. The van der Waals surface area contributed by atoms with Crippen molar-refractivity contribution in [3.63, 3.8) is 0 Å². The summed E-state index contributed by atoms with van der Waals surface area (Å²) in [6.45, 7) is 0. The Hall–Kier alpha value is -0.570. The second-order valence-electron chi connectivity index (χ2n) is 6.20. The minimum atomic E-state index is -0.157. The van der Waals surface area contributed by atoms with Crippen molar-refractivity contribution in [1.29, 1.82) is 0 Å². The lowest BCUT2D eigenvalue weighted by Crippen LogP contribution is -2.56. The highest BCUT2D eigenvalue weighted by molar-refractivity contribution is 5.89. The average Bonchev–Trinajstić information content (AvgIpc) is 2.55. The maximum Gasteiger partial charge on any atom is 0.242 e. The number of amides is 1. The van der Waals surface area contributed by atoms with Crippen LogP contribution in [0.2, 0.25) is 0 Å². The molecule has 3 fully saturated rings. The van der Waals surface area contributed by atoms with Crippen molar-refractivity contribution in [2.75, 3.05) is 7.05 Å². The molecule has 1 saturated heterocycles. The Balaban J connectivity index is 1.89. The molecule has 1 aliphatic heterocycles. The van der Waals surface area contributed by atoms with Gasteiger partial charge in [0.25, 0.3) is 0 Å². The molecule has 1 heterocycles. The highest BCUT2D eigenvalue weighted by Crippen LogP contribution is 2.45. The van der Waals surface area contributed by atoms with Gasteiger partial charge < -0.3 is 5.32 Å². The molecule has 3 aliphatic rings. The van der Waals surface area contributed by atoms with Crippen molar-refractivity contribution in [3.8, 4) is 0 Å². The Kier molecular flexibility index (Phi) is 2.69. The molecule has 1 N–H and O–H groups in total. The number of hydrogen-bond acceptors (Lipinski definition) is 2. The van der Waals surface area contributed by atoms with Gasteiger partial charge in [0.1, 0.15) is 5.54 Å². The SMILES string of the molecule is CN1C2(CCCCC2)NC(=O)C12CCCCC2. The van der Waals surface area contributed by atoms with Crippen molar-refractivity contribution in [2.24, 2.45) is 0 Å². The van der Waals surface area contributed by atoms with Crippen LogP contribution in [0.25, 0.3) is 0 Å². The van der Waals surface area contributed by atoms with Gasteiger partial charge in [-0.05, 0) is 45.6 Å². The van der Waals surface area contributed by atoms with E-state index in [1.165, 1.54) is 38.5 Å². The van der Waals surface area contributed by atoms with E-state index in [-0.39, 0.29) is 11.2 Å². The lowest BCUT2D eigenvalue weighted by molar-refractivity contribution is -0.127. The van der Waals surface area contributed by atoms with Crippen LogP contribution >= 0.6 is 0 Å². The largest absolute Gasteiger partial charge is 0.336 e. The fourth-order valence-electron chi connectivity index (χ4n) is 4.27. The zero-order chi connectivity index (χ0) is 11.9. The number of nitrogens with one attached hydrogen (secondary N) is 1. The molecule has 0 aromatic rings. The maximum absolute atomic E-state index is 12.5. The first-order chi connectivity index (χ1) is 8.20. The lowest BCUT2D eigenvalue weighted by atomic mass is 9.79. The smallest absolute Gasteiger partial charge is 0.242 e. The van der Waals surface area contributed by atoms with Crippen LogP contribution in [0, 0.1) is 0 Å². The third-order valence-corrected chi connectivity index (χ3v) is 5.41. The number of nitrogens with zero attached hydrogens (tertiary/aromatic N) is 1. The summed E-state index contributed by atoms with van der Waals surface area (Å²) >= 11 is 0. The molecule has 0 aromatic carbocycles. The van der Waals surface area contributed by atoms with E-state index in [1.54, 1.807) is 0 Å². The molecule has 96 valence electrons. The molecule has 2 saturated carbocycles. The summed E-state index contributed by atoms with van der Waals surface area (Å²) < 4.78 is 0. The van der Waals surface area contributed by atoms with Crippen LogP contribution in [0.4, 0.5) is 0 Å². The summed E-state index contributed by atoms with van der Waals surface area (Å²) in [5, 5.41) is 3.37. The van der Waals surface area contributed by atoms with Gasteiger partial charge in [0.2, 0.25) is 5.91 Å². The van der Waals surface area contributed by atoms with Gasteiger partial charge >= 0.3 is 0 Å². The standard InChI is InChI=1S/C14H24N2O/c1-16-13(8-4-2-5-9-13)12(17)15-14(16)10-6-3-7-11-14/h2-11H2,1H3,(H,15,17). The van der Waals surface area contributed by atoms with Crippen molar-refractivity contribution in [3.05, 3.63) is 0 Å².